The first-order valence-corrected chi connectivity index (χ1v) is 9.46. The van der Waals surface area contributed by atoms with Gasteiger partial charge in [0, 0.05) is 39.3 Å². The lowest BCUT2D eigenvalue weighted by Crippen LogP contribution is -2.37. The van der Waals surface area contributed by atoms with Gasteiger partial charge in [0.15, 0.2) is 0 Å². The lowest BCUT2D eigenvalue weighted by molar-refractivity contribution is 0.0722. The van der Waals surface area contributed by atoms with Crippen molar-refractivity contribution in [1.29, 1.82) is 0 Å². The maximum absolute atomic E-state index is 13.0. The molecule has 9 nitrogen and oxygen atoms in total. The molecule has 0 aliphatic carbocycles. The van der Waals surface area contributed by atoms with Crippen molar-refractivity contribution < 1.29 is 17.7 Å². The number of nitrogens with zero attached hydrogens (tertiary/aromatic N) is 5. The van der Waals surface area contributed by atoms with Crippen molar-refractivity contribution in [3.63, 3.8) is 0 Å². The molecule has 0 bridgehead atoms. The molecule has 0 aromatic carbocycles. The van der Waals surface area contributed by atoms with Crippen LogP contribution in [0.5, 0.6) is 0 Å². The van der Waals surface area contributed by atoms with Gasteiger partial charge in [0.1, 0.15) is 4.90 Å². The molecule has 25 heavy (non-hydrogen) atoms. The van der Waals surface area contributed by atoms with Gasteiger partial charge >= 0.3 is 0 Å². The van der Waals surface area contributed by atoms with E-state index in [4.69, 9.17) is 4.52 Å². The van der Waals surface area contributed by atoms with E-state index in [9.17, 15) is 13.2 Å². The van der Waals surface area contributed by atoms with E-state index in [-0.39, 0.29) is 23.1 Å². The zero-order valence-electron chi connectivity index (χ0n) is 14.5. The molecule has 0 spiro atoms. The van der Waals surface area contributed by atoms with Gasteiger partial charge in [-0.05, 0) is 20.3 Å². The summed E-state index contributed by atoms with van der Waals surface area (Å²) < 4.78 is 34.0. The van der Waals surface area contributed by atoms with Crippen molar-refractivity contribution in [1.82, 2.24) is 24.1 Å². The maximum atomic E-state index is 13.0. The Bertz CT molecular complexity index is 872. The minimum absolute atomic E-state index is 0.162. The lowest BCUT2D eigenvalue weighted by Gasteiger charge is -2.21. The molecule has 1 fully saturated rings. The van der Waals surface area contributed by atoms with Gasteiger partial charge < -0.3 is 9.42 Å². The standard InChI is InChI=1S/C15H21N5O4S/c1-11-14(12(2)18(3)17-11)25(22,23)20-8-4-7-19(9-10-20)15(21)13-5-6-16-24-13/h5-6H,4,7-10H2,1-3H3. The summed E-state index contributed by atoms with van der Waals surface area (Å²) in [5.41, 5.74) is 1.09. The first-order chi connectivity index (χ1) is 11.8. The molecule has 0 radical (unpaired) electrons. The number of aryl methyl sites for hydroxylation is 2. The highest BCUT2D eigenvalue weighted by atomic mass is 32.2. The van der Waals surface area contributed by atoms with E-state index >= 15 is 0 Å². The average molecular weight is 367 g/mol. The number of rotatable bonds is 3. The van der Waals surface area contributed by atoms with E-state index in [1.54, 1.807) is 30.5 Å². The lowest BCUT2D eigenvalue weighted by atomic mass is 10.3. The Morgan fingerprint density at radius 3 is 2.56 bits per heavy atom. The molecule has 0 atom stereocenters. The number of carbonyl (C=O) groups is 1. The molecule has 1 amide bonds. The van der Waals surface area contributed by atoms with Gasteiger partial charge in [-0.3, -0.25) is 9.48 Å². The SMILES string of the molecule is Cc1nn(C)c(C)c1S(=O)(=O)N1CCCN(C(=O)c2ccno2)CC1. The third-order valence-corrected chi connectivity index (χ3v) is 6.58. The fourth-order valence-electron chi connectivity index (χ4n) is 3.08. The van der Waals surface area contributed by atoms with Crippen LogP contribution in [0.3, 0.4) is 0 Å². The molecule has 2 aromatic rings. The Labute approximate surface area is 146 Å². The van der Waals surface area contributed by atoms with Crippen LogP contribution in [-0.4, -0.2) is 64.6 Å². The molecule has 10 heteroatoms. The highest BCUT2D eigenvalue weighted by Crippen LogP contribution is 2.24. The van der Waals surface area contributed by atoms with Gasteiger partial charge in [-0.25, -0.2) is 8.42 Å². The predicted octanol–water partition coefficient (Wildman–Crippen LogP) is 0.562. The van der Waals surface area contributed by atoms with Crippen LogP contribution < -0.4 is 0 Å². The van der Waals surface area contributed by atoms with Gasteiger partial charge in [-0.1, -0.05) is 5.16 Å². The Morgan fingerprint density at radius 1 is 1.20 bits per heavy atom. The molecular formula is C15H21N5O4S. The summed E-state index contributed by atoms with van der Waals surface area (Å²) in [5, 5.41) is 7.74. The topological polar surface area (TPSA) is 102 Å². The van der Waals surface area contributed by atoms with Crippen LogP contribution in [-0.2, 0) is 17.1 Å². The third-order valence-electron chi connectivity index (χ3n) is 4.43. The van der Waals surface area contributed by atoms with Gasteiger partial charge in [-0.15, -0.1) is 0 Å². The smallest absolute Gasteiger partial charge is 0.292 e. The normalized spacial score (nSPS) is 16.8. The van der Waals surface area contributed by atoms with Crippen molar-refractivity contribution in [2.24, 2.45) is 7.05 Å². The fourth-order valence-corrected chi connectivity index (χ4v) is 4.94. The average Bonchev–Trinajstić information content (AvgIpc) is 3.08. The van der Waals surface area contributed by atoms with E-state index in [0.717, 1.165) is 0 Å². The number of hydrogen-bond donors (Lipinski definition) is 0. The minimum Gasteiger partial charge on any atom is -0.351 e. The third kappa shape index (κ3) is 3.19. The number of hydrogen-bond acceptors (Lipinski definition) is 6. The van der Waals surface area contributed by atoms with Crippen LogP contribution in [0, 0.1) is 13.8 Å². The monoisotopic (exact) mass is 367 g/mol. The zero-order chi connectivity index (χ0) is 18.2. The second kappa shape index (κ2) is 6.60. The second-order valence-corrected chi connectivity index (χ2v) is 7.92. The number of amides is 1. The molecule has 2 aromatic heterocycles. The summed E-state index contributed by atoms with van der Waals surface area (Å²) in [7, 11) is -1.93. The molecule has 0 saturated carbocycles. The summed E-state index contributed by atoms with van der Waals surface area (Å²) in [6.07, 6.45) is 1.97. The van der Waals surface area contributed by atoms with E-state index in [2.05, 4.69) is 10.3 Å². The minimum atomic E-state index is -3.65. The van der Waals surface area contributed by atoms with Crippen LogP contribution in [0.25, 0.3) is 0 Å². The first-order valence-electron chi connectivity index (χ1n) is 8.02. The van der Waals surface area contributed by atoms with Crippen LogP contribution >= 0.6 is 0 Å². The van der Waals surface area contributed by atoms with Gasteiger partial charge in [0.25, 0.3) is 5.91 Å². The molecular weight excluding hydrogens is 346 g/mol. The molecule has 0 N–H and O–H groups in total. The van der Waals surface area contributed by atoms with Gasteiger partial charge in [0.05, 0.1) is 17.6 Å². The second-order valence-electron chi connectivity index (χ2n) is 6.05. The maximum Gasteiger partial charge on any atom is 0.292 e. The van der Waals surface area contributed by atoms with E-state index < -0.39 is 10.0 Å². The summed E-state index contributed by atoms with van der Waals surface area (Å²) in [6, 6.07) is 1.50. The Hall–Kier alpha value is -2.20. The van der Waals surface area contributed by atoms with E-state index in [1.165, 1.54) is 16.6 Å². The molecule has 1 saturated heterocycles. The van der Waals surface area contributed by atoms with Gasteiger partial charge in [0.2, 0.25) is 15.8 Å². The summed E-state index contributed by atoms with van der Waals surface area (Å²) >= 11 is 0. The highest BCUT2D eigenvalue weighted by Gasteiger charge is 2.33. The number of sulfonamides is 1. The molecule has 3 rings (SSSR count). The highest BCUT2D eigenvalue weighted by molar-refractivity contribution is 7.89. The Balaban J connectivity index is 1.80. The molecule has 1 aliphatic heterocycles. The predicted molar refractivity (Wildman–Crippen MR) is 88.5 cm³/mol. The van der Waals surface area contributed by atoms with Crippen LogP contribution in [0.2, 0.25) is 0 Å². The van der Waals surface area contributed by atoms with Crippen molar-refractivity contribution in [3.05, 3.63) is 29.4 Å². The Morgan fingerprint density at radius 2 is 1.96 bits per heavy atom. The zero-order valence-corrected chi connectivity index (χ0v) is 15.3. The quantitative estimate of drug-likeness (QED) is 0.786. The summed E-state index contributed by atoms with van der Waals surface area (Å²) in [6.45, 7) is 4.79. The van der Waals surface area contributed by atoms with E-state index in [0.29, 0.717) is 37.4 Å². The van der Waals surface area contributed by atoms with Gasteiger partial charge in [-0.2, -0.15) is 9.40 Å². The summed E-state index contributed by atoms with van der Waals surface area (Å²) in [4.78, 5) is 14.2. The Kier molecular flexibility index (Phi) is 4.65. The van der Waals surface area contributed by atoms with Crippen molar-refractivity contribution >= 4 is 15.9 Å². The van der Waals surface area contributed by atoms with Crippen molar-refractivity contribution in [3.8, 4) is 0 Å². The molecule has 136 valence electrons. The summed E-state index contributed by atoms with van der Waals surface area (Å²) in [5.74, 6) is -0.110. The van der Waals surface area contributed by atoms with Crippen LogP contribution in [0.15, 0.2) is 21.7 Å². The number of carbonyl (C=O) groups excluding carboxylic acids is 1. The number of aromatic nitrogens is 3. The largest absolute Gasteiger partial charge is 0.351 e. The molecule has 1 aliphatic rings. The molecule has 0 unspecified atom stereocenters. The van der Waals surface area contributed by atoms with Crippen molar-refractivity contribution in [2.75, 3.05) is 26.2 Å². The fraction of sp³-hybridized carbons (Fsp3) is 0.533. The van der Waals surface area contributed by atoms with Crippen LogP contribution in [0.1, 0.15) is 28.4 Å². The van der Waals surface area contributed by atoms with Crippen LogP contribution in [0.4, 0.5) is 0 Å². The van der Waals surface area contributed by atoms with Crippen molar-refractivity contribution in [2.45, 2.75) is 25.2 Å². The molecule has 3 heterocycles. The van der Waals surface area contributed by atoms with E-state index in [1.807, 2.05) is 0 Å². The first kappa shape index (κ1) is 17.6.